The van der Waals surface area contributed by atoms with Crippen molar-refractivity contribution in [2.45, 2.75) is 199 Å². The molecule has 3 saturated carbocycles. The molecule has 3 unspecified atom stereocenters. The highest BCUT2D eigenvalue weighted by molar-refractivity contribution is 5.79. The van der Waals surface area contributed by atoms with Crippen LogP contribution in [-0.2, 0) is 4.79 Å². The molecule has 0 aromatic carbocycles. The van der Waals surface area contributed by atoms with Gasteiger partial charge < -0.3 is 30.8 Å². The van der Waals surface area contributed by atoms with E-state index in [1.807, 2.05) is 0 Å². The molecule has 1 amide bonds. The molecule has 3 aliphatic rings. The Morgan fingerprint density at radius 2 is 1.02 bits per heavy atom. The molecular formula is C45H77NO6. The third kappa shape index (κ3) is 16.8. The first-order valence-electron chi connectivity index (χ1n) is 21.9. The highest BCUT2D eigenvalue weighted by atomic mass is 16.4. The quantitative estimate of drug-likeness (QED) is 0.0531. The van der Waals surface area contributed by atoms with Crippen LogP contribution in [0.4, 0.5) is 0 Å². The van der Waals surface area contributed by atoms with Gasteiger partial charge in [0, 0.05) is 30.2 Å². The summed E-state index contributed by atoms with van der Waals surface area (Å²) in [5.41, 5.74) is 0. The molecule has 0 bridgehead atoms. The Kier molecular flexibility index (Phi) is 22.6. The number of nitrogens with one attached hydrogen (secondary N) is 1. The van der Waals surface area contributed by atoms with E-state index in [4.69, 9.17) is 5.11 Å². The lowest BCUT2D eigenvalue weighted by molar-refractivity contribution is -0.131. The maximum absolute atomic E-state index is 13.6. The lowest BCUT2D eigenvalue weighted by Gasteiger charge is -2.32. The highest BCUT2D eigenvalue weighted by Crippen LogP contribution is 2.37. The van der Waals surface area contributed by atoms with Gasteiger partial charge in [-0.15, -0.1) is 0 Å². The van der Waals surface area contributed by atoms with Crippen molar-refractivity contribution < 1.29 is 30.3 Å². The molecule has 7 heteroatoms. The van der Waals surface area contributed by atoms with Gasteiger partial charge in [0.25, 0.3) is 0 Å². The number of rotatable bonds is 21. The fourth-order valence-corrected chi connectivity index (χ4v) is 8.86. The molecule has 7 nitrogen and oxygen atoms in total. The van der Waals surface area contributed by atoms with Crippen LogP contribution in [0.5, 0.6) is 0 Å². The van der Waals surface area contributed by atoms with Crippen molar-refractivity contribution in [1.82, 2.24) is 5.32 Å². The van der Waals surface area contributed by atoms with Crippen molar-refractivity contribution in [3.8, 4) is 23.7 Å². The molecule has 0 heterocycles. The van der Waals surface area contributed by atoms with E-state index in [0.717, 1.165) is 37.5 Å². The summed E-state index contributed by atoms with van der Waals surface area (Å²) < 4.78 is 0. The number of carbonyl (C=O) groups is 1. The molecule has 6 N–H and O–H groups in total. The van der Waals surface area contributed by atoms with Gasteiger partial charge in [-0.2, -0.15) is 0 Å². The summed E-state index contributed by atoms with van der Waals surface area (Å²) in [7, 11) is 0. The van der Waals surface area contributed by atoms with Crippen LogP contribution in [0.25, 0.3) is 0 Å². The number of aliphatic hydroxyl groups is 5. The zero-order valence-electron chi connectivity index (χ0n) is 33.1. The van der Waals surface area contributed by atoms with Crippen molar-refractivity contribution >= 4 is 5.91 Å². The van der Waals surface area contributed by atoms with Gasteiger partial charge in [-0.1, -0.05) is 127 Å². The maximum atomic E-state index is 13.6. The van der Waals surface area contributed by atoms with Gasteiger partial charge >= 0.3 is 0 Å². The second kappa shape index (κ2) is 26.2. The molecule has 0 spiro atoms. The third-order valence-corrected chi connectivity index (χ3v) is 12.6. The van der Waals surface area contributed by atoms with E-state index < -0.39 is 31.0 Å². The first kappa shape index (κ1) is 44.8. The second-order valence-corrected chi connectivity index (χ2v) is 16.9. The van der Waals surface area contributed by atoms with Crippen LogP contribution in [0.3, 0.4) is 0 Å². The summed E-state index contributed by atoms with van der Waals surface area (Å²) in [6.07, 6.45) is 24.5. The van der Waals surface area contributed by atoms with Gasteiger partial charge in [-0.3, -0.25) is 4.79 Å². The fourth-order valence-electron chi connectivity index (χ4n) is 8.86. The summed E-state index contributed by atoms with van der Waals surface area (Å²) in [6.45, 7) is 3.52. The van der Waals surface area contributed by atoms with Crippen LogP contribution >= 0.6 is 0 Å². The highest BCUT2D eigenvalue weighted by Gasteiger charge is 2.36. The molecule has 0 aromatic rings. The summed E-state index contributed by atoms with van der Waals surface area (Å²) in [5, 5.41) is 52.4. The Bertz CT molecular complexity index is 1070. The standard InChI is InChI=1S/C45H77NO6/c1-3-5-7-9-11-13-15-34-17-21-36(22-18-34)25-26-38-28-30-39(29-27-37-23-19-35(20-24-37)16-14-12-10-8-6-4-2)40(31-38)45(52)46-32-41(48)43(50)44(51)42(49)33-47/h34-44,47-51H,3-24,28,30-33H2,1-2H3,(H,46,52)/t34?,35?,36?,37?,38?,39?,40?,41-,42-,43-,44+/m0/s1. The predicted octanol–water partition coefficient (Wildman–Crippen LogP) is 7.69. The monoisotopic (exact) mass is 728 g/mol. The first-order chi connectivity index (χ1) is 25.2. The molecular weight excluding hydrogens is 650 g/mol. The van der Waals surface area contributed by atoms with Gasteiger partial charge in [0.1, 0.15) is 18.3 Å². The van der Waals surface area contributed by atoms with Gasteiger partial charge in [0.2, 0.25) is 5.91 Å². The van der Waals surface area contributed by atoms with E-state index in [1.54, 1.807) is 0 Å². The molecule has 298 valence electrons. The van der Waals surface area contributed by atoms with E-state index in [9.17, 15) is 25.2 Å². The van der Waals surface area contributed by atoms with Crippen molar-refractivity contribution in [3.63, 3.8) is 0 Å². The zero-order chi connectivity index (χ0) is 37.6. The lowest BCUT2D eigenvalue weighted by atomic mass is 9.73. The van der Waals surface area contributed by atoms with Crippen molar-refractivity contribution in [2.24, 2.45) is 41.4 Å². The van der Waals surface area contributed by atoms with E-state index >= 15 is 0 Å². The van der Waals surface area contributed by atoms with Crippen LogP contribution < -0.4 is 5.32 Å². The first-order valence-corrected chi connectivity index (χ1v) is 21.9. The number of unbranched alkanes of at least 4 members (excludes halogenated alkanes) is 10. The van der Waals surface area contributed by atoms with E-state index in [1.165, 1.54) is 128 Å². The van der Waals surface area contributed by atoms with Crippen LogP contribution in [0.2, 0.25) is 0 Å². The van der Waals surface area contributed by atoms with Gasteiger partial charge in [-0.25, -0.2) is 0 Å². The number of hydrogen-bond acceptors (Lipinski definition) is 6. The van der Waals surface area contributed by atoms with Crippen molar-refractivity contribution in [1.29, 1.82) is 0 Å². The Hall–Kier alpha value is -1.61. The summed E-state index contributed by atoms with van der Waals surface area (Å²) in [4.78, 5) is 13.6. The molecule has 0 aliphatic heterocycles. The van der Waals surface area contributed by atoms with Crippen molar-refractivity contribution in [3.05, 3.63) is 0 Å². The summed E-state index contributed by atoms with van der Waals surface area (Å²) in [5.74, 6) is 16.3. The van der Waals surface area contributed by atoms with Crippen molar-refractivity contribution in [2.75, 3.05) is 13.2 Å². The van der Waals surface area contributed by atoms with E-state index in [-0.39, 0.29) is 30.2 Å². The Morgan fingerprint density at radius 3 is 1.54 bits per heavy atom. The number of carbonyl (C=O) groups excluding carboxylic acids is 1. The molecule has 3 rings (SSSR count). The van der Waals surface area contributed by atoms with Crippen LogP contribution in [0, 0.1) is 65.1 Å². The molecule has 3 fully saturated rings. The maximum Gasteiger partial charge on any atom is 0.224 e. The predicted molar refractivity (Wildman–Crippen MR) is 211 cm³/mol. The average Bonchev–Trinajstić information content (AvgIpc) is 3.17. The van der Waals surface area contributed by atoms with Crippen LogP contribution in [0.1, 0.15) is 174 Å². The Labute approximate surface area is 317 Å². The second-order valence-electron chi connectivity index (χ2n) is 16.9. The molecule has 7 atom stereocenters. The van der Waals surface area contributed by atoms with Crippen LogP contribution in [-0.4, -0.2) is 69.0 Å². The minimum atomic E-state index is -1.73. The molecule has 3 aliphatic carbocycles. The minimum Gasteiger partial charge on any atom is -0.394 e. The topological polar surface area (TPSA) is 130 Å². The number of amides is 1. The fraction of sp³-hybridized carbons (Fsp3) is 0.889. The van der Waals surface area contributed by atoms with E-state index in [0.29, 0.717) is 18.3 Å². The molecule has 0 saturated heterocycles. The lowest BCUT2D eigenvalue weighted by Crippen LogP contribution is -2.50. The molecule has 0 aromatic heterocycles. The summed E-state index contributed by atoms with van der Waals surface area (Å²) in [6, 6.07) is 0. The Morgan fingerprint density at radius 1 is 0.577 bits per heavy atom. The van der Waals surface area contributed by atoms with Gasteiger partial charge in [0.15, 0.2) is 0 Å². The van der Waals surface area contributed by atoms with Gasteiger partial charge in [0.05, 0.1) is 18.6 Å². The SMILES string of the molecule is CCCCCCCCC1CCC(C#CC2CCC(C#CC3CCC(CCCCCCCC)CC3)C(C(=O)NC[C@H](O)[C@H](O)[C@H](O)[C@@H](O)CO)C2)CC1. The van der Waals surface area contributed by atoms with Crippen LogP contribution in [0.15, 0.2) is 0 Å². The molecule has 52 heavy (non-hydrogen) atoms. The Balaban J connectivity index is 1.53. The minimum absolute atomic E-state index is 0.0832. The normalized spacial score (nSPS) is 28.7. The smallest absolute Gasteiger partial charge is 0.224 e. The number of aliphatic hydroxyl groups excluding tert-OH is 5. The largest absolute Gasteiger partial charge is 0.394 e. The third-order valence-electron chi connectivity index (χ3n) is 12.6. The van der Waals surface area contributed by atoms with Gasteiger partial charge in [-0.05, 0) is 82.5 Å². The zero-order valence-corrected chi connectivity index (χ0v) is 33.1. The average molecular weight is 728 g/mol. The number of hydrogen-bond donors (Lipinski definition) is 6. The summed E-state index contributed by atoms with van der Waals surface area (Å²) >= 11 is 0. The van der Waals surface area contributed by atoms with E-state index in [2.05, 4.69) is 42.8 Å². The molecule has 0 radical (unpaired) electrons.